The van der Waals surface area contributed by atoms with Gasteiger partial charge in [-0.1, -0.05) is 34.1 Å². The number of hydrogen-bond donors (Lipinski definition) is 2. The van der Waals surface area contributed by atoms with Gasteiger partial charge in [-0.15, -0.1) is 11.8 Å². The van der Waals surface area contributed by atoms with E-state index in [1.54, 1.807) is 31.2 Å². The number of ether oxygens (including phenoxy) is 2. The second kappa shape index (κ2) is 9.32. The van der Waals surface area contributed by atoms with E-state index in [9.17, 15) is 14.4 Å². The summed E-state index contributed by atoms with van der Waals surface area (Å²) in [6.07, 6.45) is 0. The minimum absolute atomic E-state index is 0.0977. The van der Waals surface area contributed by atoms with E-state index in [-0.39, 0.29) is 24.9 Å². The summed E-state index contributed by atoms with van der Waals surface area (Å²) in [6, 6.07) is 13.8. The Morgan fingerprint density at radius 3 is 2.66 bits per heavy atom. The molecule has 0 radical (unpaired) electrons. The molecule has 0 aliphatic carbocycles. The monoisotopic (exact) mass is 478 g/mol. The third kappa shape index (κ3) is 5.51. The fraction of sp³-hybridized carbons (Fsp3) is 0.250. The Bertz CT molecular complexity index is 939. The summed E-state index contributed by atoms with van der Waals surface area (Å²) >= 11 is 4.67. The van der Waals surface area contributed by atoms with Gasteiger partial charge in [-0.05, 0) is 37.3 Å². The van der Waals surface area contributed by atoms with E-state index in [0.717, 1.165) is 4.47 Å². The molecule has 0 spiro atoms. The number of hydrogen-bond acceptors (Lipinski definition) is 6. The van der Waals surface area contributed by atoms with Crippen LogP contribution in [0.2, 0.25) is 0 Å². The van der Waals surface area contributed by atoms with Crippen LogP contribution in [-0.2, 0) is 9.53 Å². The van der Waals surface area contributed by atoms with Gasteiger partial charge in [0.1, 0.15) is 24.5 Å². The zero-order valence-electron chi connectivity index (χ0n) is 15.6. The second-order valence-corrected chi connectivity index (χ2v) is 8.40. The van der Waals surface area contributed by atoms with Crippen LogP contribution in [-0.4, -0.2) is 42.4 Å². The number of thioether (sulfide) groups is 1. The molecule has 2 N–H and O–H groups in total. The summed E-state index contributed by atoms with van der Waals surface area (Å²) in [7, 11) is 0. The molecule has 0 aromatic heterocycles. The molecule has 1 unspecified atom stereocenters. The Hall–Kier alpha value is -2.52. The minimum atomic E-state index is -1.03. The van der Waals surface area contributed by atoms with E-state index in [1.807, 2.05) is 24.3 Å². The molecule has 7 nitrogen and oxygen atoms in total. The zero-order valence-corrected chi connectivity index (χ0v) is 18.0. The summed E-state index contributed by atoms with van der Waals surface area (Å²) < 4.78 is 11.8. The third-order valence-corrected chi connectivity index (χ3v) is 6.00. The summed E-state index contributed by atoms with van der Waals surface area (Å²) in [5.74, 6) is 0.0909. The number of rotatable bonds is 8. The first kappa shape index (κ1) is 21.2. The summed E-state index contributed by atoms with van der Waals surface area (Å²) in [4.78, 5) is 36.5. The smallest absolute Gasteiger partial charge is 0.339 e. The van der Waals surface area contributed by atoms with Crippen molar-refractivity contribution in [1.82, 2.24) is 10.6 Å². The van der Waals surface area contributed by atoms with Gasteiger partial charge in [-0.2, -0.15) is 0 Å². The van der Waals surface area contributed by atoms with Crippen molar-refractivity contribution in [3.63, 3.8) is 0 Å². The number of carbonyl (C=O) groups excluding carboxylic acids is 3. The van der Waals surface area contributed by atoms with Crippen LogP contribution in [0.3, 0.4) is 0 Å². The van der Waals surface area contributed by atoms with Crippen molar-refractivity contribution >= 4 is 45.6 Å². The first-order chi connectivity index (χ1) is 13.9. The molecule has 2 aromatic rings. The van der Waals surface area contributed by atoms with Crippen LogP contribution in [0.1, 0.15) is 17.3 Å². The number of amides is 3. The average Bonchev–Trinajstić information content (AvgIpc) is 2.95. The lowest BCUT2D eigenvalue weighted by molar-refractivity contribution is -0.122. The molecule has 2 aromatic carbocycles. The van der Waals surface area contributed by atoms with Gasteiger partial charge in [0.05, 0.1) is 5.56 Å². The van der Waals surface area contributed by atoms with Gasteiger partial charge < -0.3 is 14.8 Å². The third-order valence-electron chi connectivity index (χ3n) is 4.12. The molecule has 3 amide bonds. The number of halogens is 1. The molecule has 1 atom stereocenters. The van der Waals surface area contributed by atoms with E-state index in [2.05, 4.69) is 26.6 Å². The van der Waals surface area contributed by atoms with Crippen LogP contribution in [0.5, 0.6) is 5.75 Å². The highest BCUT2D eigenvalue weighted by molar-refractivity contribution is 9.10. The van der Waals surface area contributed by atoms with Gasteiger partial charge in [-0.25, -0.2) is 9.59 Å². The normalized spacial score (nSPS) is 18.1. The molecular weight excluding hydrogens is 460 g/mol. The van der Waals surface area contributed by atoms with Crippen molar-refractivity contribution in [2.75, 3.05) is 19.0 Å². The molecule has 0 bridgehead atoms. The molecule has 0 saturated carbocycles. The Morgan fingerprint density at radius 1 is 1.14 bits per heavy atom. The molecule has 152 valence electrons. The number of urea groups is 1. The van der Waals surface area contributed by atoms with Crippen molar-refractivity contribution in [1.29, 1.82) is 0 Å². The predicted molar refractivity (Wildman–Crippen MR) is 112 cm³/mol. The summed E-state index contributed by atoms with van der Waals surface area (Å²) in [5.41, 5.74) is -0.635. The highest BCUT2D eigenvalue weighted by Crippen LogP contribution is 2.28. The van der Waals surface area contributed by atoms with Gasteiger partial charge in [0.15, 0.2) is 0 Å². The molecule has 1 saturated heterocycles. The average molecular weight is 479 g/mol. The van der Waals surface area contributed by atoms with E-state index < -0.39 is 17.5 Å². The van der Waals surface area contributed by atoms with Crippen molar-refractivity contribution < 1.29 is 23.9 Å². The van der Waals surface area contributed by atoms with Crippen LogP contribution in [0.25, 0.3) is 0 Å². The van der Waals surface area contributed by atoms with E-state index in [4.69, 9.17) is 9.47 Å². The maximum atomic E-state index is 12.5. The van der Waals surface area contributed by atoms with Crippen LogP contribution < -0.4 is 15.4 Å². The Labute approximate surface area is 180 Å². The van der Waals surface area contributed by atoms with Gasteiger partial charge in [-0.3, -0.25) is 10.1 Å². The van der Waals surface area contributed by atoms with Gasteiger partial charge in [0, 0.05) is 15.1 Å². The Morgan fingerprint density at radius 2 is 1.93 bits per heavy atom. The predicted octanol–water partition coefficient (Wildman–Crippen LogP) is 3.38. The second-order valence-electron chi connectivity index (χ2n) is 6.47. The van der Waals surface area contributed by atoms with Crippen LogP contribution in [0.4, 0.5) is 4.79 Å². The standard InChI is InChI=1S/C20H19BrN2O5S/c1-20(18(25)22-19(26)23-20)12-29-16-8-3-2-7-15(16)17(24)28-10-9-27-14-6-4-5-13(21)11-14/h2-8,11H,9-10,12H2,1H3,(H2,22,23,25,26). The Kier molecular flexibility index (Phi) is 6.81. The molecule has 1 aliphatic heterocycles. The lowest BCUT2D eigenvalue weighted by Crippen LogP contribution is -2.46. The maximum Gasteiger partial charge on any atom is 0.339 e. The molecule has 1 aliphatic rings. The zero-order chi connectivity index (χ0) is 20.9. The van der Waals surface area contributed by atoms with E-state index in [0.29, 0.717) is 16.2 Å². The van der Waals surface area contributed by atoms with Crippen LogP contribution >= 0.6 is 27.7 Å². The van der Waals surface area contributed by atoms with Crippen LogP contribution in [0.15, 0.2) is 57.9 Å². The Balaban J connectivity index is 1.54. The molecule has 3 rings (SSSR count). The van der Waals surface area contributed by atoms with Gasteiger partial charge >= 0.3 is 12.0 Å². The van der Waals surface area contributed by atoms with Crippen molar-refractivity contribution in [2.45, 2.75) is 17.4 Å². The summed E-state index contributed by atoms with van der Waals surface area (Å²) in [5, 5.41) is 4.83. The fourth-order valence-corrected chi connectivity index (χ4v) is 4.10. The number of imide groups is 1. The first-order valence-electron chi connectivity index (χ1n) is 8.78. The number of nitrogens with one attached hydrogen (secondary N) is 2. The highest BCUT2D eigenvalue weighted by atomic mass is 79.9. The maximum absolute atomic E-state index is 12.5. The molecule has 1 fully saturated rings. The van der Waals surface area contributed by atoms with E-state index >= 15 is 0 Å². The van der Waals surface area contributed by atoms with Gasteiger partial charge in [0.2, 0.25) is 0 Å². The minimum Gasteiger partial charge on any atom is -0.490 e. The largest absolute Gasteiger partial charge is 0.490 e. The lowest BCUT2D eigenvalue weighted by Gasteiger charge is -2.20. The number of benzene rings is 2. The highest BCUT2D eigenvalue weighted by Gasteiger charge is 2.41. The van der Waals surface area contributed by atoms with E-state index in [1.165, 1.54) is 11.8 Å². The molecule has 9 heteroatoms. The topological polar surface area (TPSA) is 93.7 Å². The number of carbonyl (C=O) groups is 3. The fourth-order valence-electron chi connectivity index (χ4n) is 2.59. The van der Waals surface area contributed by atoms with Gasteiger partial charge in [0.25, 0.3) is 5.91 Å². The molecule has 1 heterocycles. The van der Waals surface area contributed by atoms with Crippen molar-refractivity contribution in [3.8, 4) is 5.75 Å². The van der Waals surface area contributed by atoms with Crippen molar-refractivity contribution in [2.24, 2.45) is 0 Å². The lowest BCUT2D eigenvalue weighted by atomic mass is 10.1. The number of esters is 1. The molecule has 29 heavy (non-hydrogen) atoms. The SMILES string of the molecule is CC1(CSc2ccccc2C(=O)OCCOc2cccc(Br)c2)NC(=O)NC1=O. The van der Waals surface area contributed by atoms with Crippen LogP contribution in [0, 0.1) is 0 Å². The summed E-state index contributed by atoms with van der Waals surface area (Å²) in [6.45, 7) is 1.96. The molecular formula is C20H19BrN2O5S. The van der Waals surface area contributed by atoms with Crippen molar-refractivity contribution in [3.05, 3.63) is 58.6 Å². The first-order valence-corrected chi connectivity index (χ1v) is 10.6. The quantitative estimate of drug-likeness (QED) is 0.261.